The summed E-state index contributed by atoms with van der Waals surface area (Å²) in [4.78, 5) is 53.5. The van der Waals surface area contributed by atoms with Crippen LogP contribution >= 0.6 is 0 Å². The number of imidazole rings is 1. The molecule has 2 fully saturated rings. The Morgan fingerprint density at radius 3 is 2.30 bits per heavy atom. The molecule has 3 N–H and O–H groups in total. The van der Waals surface area contributed by atoms with Crippen LogP contribution in [0.25, 0.3) is 33.2 Å². The number of anilines is 1. The number of carbonyl (C=O) groups excluding carboxylic acids is 2. The summed E-state index contributed by atoms with van der Waals surface area (Å²) in [6.07, 6.45) is 0.394. The van der Waals surface area contributed by atoms with Crippen LogP contribution in [0.4, 0.5) is 19.1 Å². The molecule has 5 aromatic rings. The lowest BCUT2D eigenvalue weighted by molar-refractivity contribution is -0.136. The van der Waals surface area contributed by atoms with Crippen LogP contribution < -0.4 is 16.3 Å². The molecule has 322 valence electrons. The topological polar surface area (TPSA) is 161 Å². The summed E-state index contributed by atoms with van der Waals surface area (Å²) in [6.45, 7) is 8.61. The number of piperazine rings is 1. The maximum Gasteiger partial charge on any atom is 0.390 e. The number of benzene rings is 2. The first-order valence-corrected chi connectivity index (χ1v) is 20.5. The van der Waals surface area contributed by atoms with Gasteiger partial charge in [0.1, 0.15) is 11.7 Å². The number of aryl methyl sites for hydroxylation is 2. The molecular weight excluding hydrogens is 784 g/mol. The minimum Gasteiger partial charge on any atom is -0.379 e. The monoisotopic (exact) mass is 835 g/mol. The molecule has 2 amide bonds. The maximum atomic E-state index is 13.0. The third kappa shape index (κ3) is 11.2. The average molecular weight is 836 g/mol. The molecule has 18 heteroatoms. The van der Waals surface area contributed by atoms with Gasteiger partial charge in [0, 0.05) is 89.2 Å². The fraction of sp³-hybridized carbons (Fsp3) is 0.500. The van der Waals surface area contributed by atoms with Gasteiger partial charge in [0.05, 0.1) is 50.5 Å². The molecule has 2 aliphatic heterocycles. The van der Waals surface area contributed by atoms with Gasteiger partial charge < -0.3 is 24.5 Å². The summed E-state index contributed by atoms with van der Waals surface area (Å²) in [5.74, 6) is -0.594. The number of fused-ring (bicyclic) bond motifs is 2. The summed E-state index contributed by atoms with van der Waals surface area (Å²) in [7, 11) is 1.69. The SMILES string of the molecule is Cn1c(=O)n([C@H]2CCC(=O)NC2=O)c2ccc(CCCOCCOCCOCCN3CCN(Cc4ccc(-c5c[nH]c6nc(NCCC(F)(F)F)ncc56)cc4)CC3)cc21. The van der Waals surface area contributed by atoms with Crippen molar-refractivity contribution in [3.63, 3.8) is 0 Å². The van der Waals surface area contributed by atoms with Gasteiger partial charge in [0.15, 0.2) is 0 Å². The number of halogens is 3. The highest BCUT2D eigenvalue weighted by Crippen LogP contribution is 2.29. The number of piperidine rings is 1. The van der Waals surface area contributed by atoms with Crippen molar-refractivity contribution < 1.29 is 37.0 Å². The summed E-state index contributed by atoms with van der Waals surface area (Å²) < 4.78 is 57.7. The molecule has 0 radical (unpaired) electrons. The standard InChI is InChI=1S/C42H52F3N9O6/c1-51-36-25-29(6-9-34(36)54(41(51)57)35-10-11-37(55)49-39(35)56)3-2-19-58-21-23-60-24-22-59-20-18-52-14-16-53(17-15-52)28-30-4-7-31(8-5-30)32-26-47-38-33(32)27-48-40(50-38)46-13-12-42(43,44)45/h4-9,25-27,35H,2-3,10-24,28H2,1H3,(H,49,55,56)(H2,46,47,48,50)/t35-/m0/s1. The van der Waals surface area contributed by atoms with Crippen molar-refractivity contribution in [3.05, 3.63) is 76.5 Å². The number of H-pyrrole nitrogens is 1. The van der Waals surface area contributed by atoms with Gasteiger partial charge in [-0.05, 0) is 48.1 Å². The molecule has 2 saturated heterocycles. The first kappa shape index (κ1) is 43.0. The predicted octanol–water partition coefficient (Wildman–Crippen LogP) is 4.42. The van der Waals surface area contributed by atoms with E-state index in [4.69, 9.17) is 14.2 Å². The van der Waals surface area contributed by atoms with E-state index in [9.17, 15) is 27.6 Å². The minimum atomic E-state index is -4.23. The Labute approximate surface area is 345 Å². The number of amides is 2. The molecular formula is C42H52F3N9O6. The van der Waals surface area contributed by atoms with E-state index in [-0.39, 0.29) is 30.5 Å². The normalized spacial score (nSPS) is 16.9. The number of hydrogen-bond acceptors (Lipinski definition) is 11. The van der Waals surface area contributed by atoms with Crippen LogP contribution in [0.2, 0.25) is 0 Å². The number of aromatic amines is 1. The molecule has 2 aromatic carbocycles. The maximum absolute atomic E-state index is 13.0. The van der Waals surface area contributed by atoms with E-state index < -0.39 is 24.5 Å². The highest BCUT2D eigenvalue weighted by atomic mass is 19.4. The second kappa shape index (κ2) is 19.9. The molecule has 0 spiro atoms. The molecule has 15 nitrogen and oxygen atoms in total. The van der Waals surface area contributed by atoms with Crippen LogP contribution in [-0.2, 0) is 43.8 Å². The zero-order valence-corrected chi connectivity index (χ0v) is 33.8. The molecule has 0 bridgehead atoms. The summed E-state index contributed by atoms with van der Waals surface area (Å²) >= 11 is 0. The molecule has 3 aromatic heterocycles. The zero-order chi connectivity index (χ0) is 42.1. The van der Waals surface area contributed by atoms with Crippen LogP contribution in [-0.4, -0.2) is 131 Å². The van der Waals surface area contributed by atoms with Crippen LogP contribution in [0, 0.1) is 0 Å². The van der Waals surface area contributed by atoms with E-state index in [1.165, 1.54) is 10.1 Å². The molecule has 0 saturated carbocycles. The highest BCUT2D eigenvalue weighted by Gasteiger charge is 2.31. The molecule has 0 aliphatic carbocycles. The Morgan fingerprint density at radius 1 is 0.867 bits per heavy atom. The fourth-order valence-corrected chi connectivity index (χ4v) is 7.67. The van der Waals surface area contributed by atoms with Crippen LogP contribution in [0.5, 0.6) is 0 Å². The Kier molecular flexibility index (Phi) is 14.3. The number of carbonyl (C=O) groups is 2. The molecule has 7 rings (SSSR count). The van der Waals surface area contributed by atoms with Crippen molar-refractivity contribution in [3.8, 4) is 11.1 Å². The number of hydrogen-bond donors (Lipinski definition) is 3. The lowest BCUT2D eigenvalue weighted by atomic mass is 10.0. The van der Waals surface area contributed by atoms with Crippen molar-refractivity contribution in [1.82, 2.24) is 39.2 Å². The fourth-order valence-electron chi connectivity index (χ4n) is 7.67. The minimum absolute atomic E-state index is 0.158. The Balaban J connectivity index is 0.713. The van der Waals surface area contributed by atoms with Gasteiger partial charge in [-0.25, -0.2) is 9.78 Å². The Bertz CT molecular complexity index is 2280. The van der Waals surface area contributed by atoms with Gasteiger partial charge in [-0.3, -0.25) is 33.8 Å². The van der Waals surface area contributed by atoms with Crippen molar-refractivity contribution in [1.29, 1.82) is 0 Å². The average Bonchev–Trinajstić information content (AvgIpc) is 3.76. The molecule has 1 atom stereocenters. The van der Waals surface area contributed by atoms with Gasteiger partial charge in [-0.2, -0.15) is 18.2 Å². The number of nitrogens with one attached hydrogen (secondary N) is 3. The number of alkyl halides is 3. The Morgan fingerprint density at radius 2 is 1.57 bits per heavy atom. The summed E-state index contributed by atoms with van der Waals surface area (Å²) in [6, 6.07) is 13.5. The number of ether oxygens (including phenoxy) is 3. The largest absolute Gasteiger partial charge is 0.390 e. The number of aromatic nitrogens is 5. The zero-order valence-electron chi connectivity index (χ0n) is 33.8. The van der Waals surface area contributed by atoms with Crippen molar-refractivity contribution in [2.45, 2.75) is 50.9 Å². The molecule has 5 heterocycles. The van der Waals surface area contributed by atoms with E-state index in [0.29, 0.717) is 57.2 Å². The van der Waals surface area contributed by atoms with Crippen LogP contribution in [0.3, 0.4) is 0 Å². The van der Waals surface area contributed by atoms with Gasteiger partial charge >= 0.3 is 11.9 Å². The van der Waals surface area contributed by atoms with Crippen LogP contribution in [0.15, 0.2) is 59.7 Å². The van der Waals surface area contributed by atoms with E-state index >= 15 is 0 Å². The number of imide groups is 1. The van der Waals surface area contributed by atoms with E-state index in [0.717, 1.165) is 79.7 Å². The lowest BCUT2D eigenvalue weighted by Gasteiger charge is -2.34. The van der Waals surface area contributed by atoms with E-state index in [2.05, 4.69) is 59.7 Å². The van der Waals surface area contributed by atoms with Crippen molar-refractivity contribution in [2.24, 2.45) is 7.05 Å². The lowest BCUT2D eigenvalue weighted by Crippen LogP contribution is -2.46. The van der Waals surface area contributed by atoms with Crippen molar-refractivity contribution >= 4 is 39.8 Å². The quantitative estimate of drug-likeness (QED) is 0.0753. The van der Waals surface area contributed by atoms with Gasteiger partial charge in [0.2, 0.25) is 17.8 Å². The second-order valence-electron chi connectivity index (χ2n) is 15.2. The molecule has 0 unspecified atom stereocenters. The number of nitrogens with zero attached hydrogens (tertiary/aromatic N) is 6. The third-order valence-electron chi connectivity index (χ3n) is 11.0. The van der Waals surface area contributed by atoms with Gasteiger partial charge in [-0.1, -0.05) is 30.3 Å². The van der Waals surface area contributed by atoms with Gasteiger partial charge in [0.25, 0.3) is 0 Å². The third-order valence-corrected chi connectivity index (χ3v) is 11.0. The summed E-state index contributed by atoms with van der Waals surface area (Å²) in [5.41, 5.74) is 5.96. The predicted molar refractivity (Wildman–Crippen MR) is 220 cm³/mol. The first-order chi connectivity index (χ1) is 29.0. The van der Waals surface area contributed by atoms with Gasteiger partial charge in [-0.15, -0.1) is 0 Å². The summed E-state index contributed by atoms with van der Waals surface area (Å²) in [5, 5.41) is 5.78. The molecule has 2 aliphatic rings. The van der Waals surface area contributed by atoms with Crippen LogP contribution in [0.1, 0.15) is 42.9 Å². The highest BCUT2D eigenvalue weighted by molar-refractivity contribution is 6.00. The Hall–Kier alpha value is -5.14. The number of rotatable bonds is 20. The molecule has 60 heavy (non-hydrogen) atoms. The second-order valence-corrected chi connectivity index (χ2v) is 15.2. The van der Waals surface area contributed by atoms with Crippen molar-refractivity contribution in [2.75, 3.05) is 84.2 Å². The first-order valence-electron chi connectivity index (χ1n) is 20.5. The van der Waals surface area contributed by atoms with E-state index in [1.54, 1.807) is 17.8 Å². The smallest absolute Gasteiger partial charge is 0.379 e. The van der Waals surface area contributed by atoms with E-state index in [1.807, 2.05) is 24.4 Å².